The van der Waals surface area contributed by atoms with Gasteiger partial charge in [0.05, 0.1) is 25.1 Å². The van der Waals surface area contributed by atoms with Gasteiger partial charge in [-0.05, 0) is 35.4 Å². The zero-order valence-electron chi connectivity index (χ0n) is 20.0. The van der Waals surface area contributed by atoms with Crippen molar-refractivity contribution >= 4 is 17.5 Å². The Morgan fingerprint density at radius 2 is 1.74 bits per heavy atom. The number of nitrogens with two attached hydrogens (primary N) is 1. The van der Waals surface area contributed by atoms with E-state index in [2.05, 4.69) is 15.2 Å². The van der Waals surface area contributed by atoms with Crippen molar-refractivity contribution in [2.75, 3.05) is 39.6 Å². The molecule has 3 N–H and O–H groups in total. The van der Waals surface area contributed by atoms with E-state index in [0.717, 1.165) is 29.9 Å². The second-order valence-corrected chi connectivity index (χ2v) is 9.39. The van der Waals surface area contributed by atoms with E-state index in [9.17, 15) is 9.59 Å². The number of anilines is 1. The Balaban J connectivity index is 1.31. The molecule has 3 heterocycles. The first-order valence-corrected chi connectivity index (χ1v) is 11.7. The third kappa shape index (κ3) is 4.28. The Morgan fingerprint density at radius 3 is 2.37 bits per heavy atom. The van der Waals surface area contributed by atoms with E-state index < -0.39 is 0 Å². The first kappa shape index (κ1) is 23.1. The predicted octanol–water partition coefficient (Wildman–Crippen LogP) is 1.84. The first-order valence-electron chi connectivity index (χ1n) is 11.7. The molecule has 0 saturated carbocycles. The third-order valence-corrected chi connectivity index (χ3v) is 6.83. The summed E-state index contributed by atoms with van der Waals surface area (Å²) < 4.78 is 7.68. The summed E-state index contributed by atoms with van der Waals surface area (Å²) in [5.74, 6) is 0.218. The van der Waals surface area contributed by atoms with Gasteiger partial charge in [0, 0.05) is 51.5 Å². The largest absolute Gasteiger partial charge is 0.399 e. The van der Waals surface area contributed by atoms with Crippen LogP contribution in [0.1, 0.15) is 37.8 Å². The number of benzene rings is 2. The molecule has 35 heavy (non-hydrogen) atoms. The maximum Gasteiger partial charge on any atom is 0.287 e. The van der Waals surface area contributed by atoms with Crippen molar-refractivity contribution in [3.63, 3.8) is 0 Å². The minimum atomic E-state index is -0.307. The summed E-state index contributed by atoms with van der Waals surface area (Å²) >= 11 is 0. The number of nitrogens with one attached hydrogen (secondary N) is 1. The van der Waals surface area contributed by atoms with Crippen molar-refractivity contribution in [3.05, 3.63) is 82.9 Å². The summed E-state index contributed by atoms with van der Waals surface area (Å²) in [4.78, 5) is 33.6. The van der Waals surface area contributed by atoms with Crippen LogP contribution in [0.5, 0.6) is 0 Å². The number of rotatable bonds is 6. The van der Waals surface area contributed by atoms with Crippen LogP contribution in [-0.4, -0.2) is 65.0 Å². The summed E-state index contributed by atoms with van der Waals surface area (Å²) in [5.41, 5.74) is 9.91. The Hall–Kier alpha value is -3.69. The molecule has 1 fully saturated rings. The average Bonchev–Trinajstić information content (AvgIpc) is 3.27. The van der Waals surface area contributed by atoms with Crippen molar-refractivity contribution in [1.29, 1.82) is 0 Å². The summed E-state index contributed by atoms with van der Waals surface area (Å²) in [7, 11) is 3.50. The number of nitrogens with zero attached hydrogens (tertiary/aromatic N) is 4. The SMILES string of the molecule is CN(C)C(=O)c1ccc(CN2CCn3c(cnc3C(=O)NCc3ccc(N)cc3)C23COC3)cc1. The quantitative estimate of drug-likeness (QED) is 0.528. The monoisotopic (exact) mass is 474 g/mol. The zero-order chi connectivity index (χ0) is 24.6. The summed E-state index contributed by atoms with van der Waals surface area (Å²) in [6.07, 6.45) is 1.81. The number of ether oxygens (including phenoxy) is 1. The molecule has 1 spiro atoms. The van der Waals surface area contributed by atoms with Gasteiger partial charge in [0.25, 0.3) is 11.8 Å². The summed E-state index contributed by atoms with van der Waals surface area (Å²) in [5, 5.41) is 2.97. The second-order valence-electron chi connectivity index (χ2n) is 9.39. The van der Waals surface area contributed by atoms with Gasteiger partial charge in [0.15, 0.2) is 5.82 Å². The third-order valence-electron chi connectivity index (χ3n) is 6.83. The Bertz CT molecular complexity index is 1230. The molecule has 9 heteroatoms. The molecule has 2 aliphatic rings. The maximum absolute atomic E-state index is 12.9. The van der Waals surface area contributed by atoms with Crippen LogP contribution in [0.3, 0.4) is 0 Å². The fourth-order valence-electron chi connectivity index (χ4n) is 4.74. The molecule has 0 aliphatic carbocycles. The van der Waals surface area contributed by atoms with Crippen LogP contribution in [0.15, 0.2) is 54.7 Å². The van der Waals surface area contributed by atoms with Crippen molar-refractivity contribution in [3.8, 4) is 0 Å². The van der Waals surface area contributed by atoms with Gasteiger partial charge in [-0.2, -0.15) is 0 Å². The van der Waals surface area contributed by atoms with E-state index in [0.29, 0.717) is 43.4 Å². The fraction of sp³-hybridized carbons (Fsp3) is 0.346. The lowest BCUT2D eigenvalue weighted by Crippen LogP contribution is -2.63. The van der Waals surface area contributed by atoms with Gasteiger partial charge in [-0.3, -0.25) is 14.5 Å². The number of aromatic nitrogens is 2. The molecule has 0 unspecified atom stereocenters. The van der Waals surface area contributed by atoms with Crippen LogP contribution in [-0.2, 0) is 29.9 Å². The molecule has 2 aromatic carbocycles. The highest BCUT2D eigenvalue weighted by Gasteiger charge is 2.50. The lowest BCUT2D eigenvalue weighted by Gasteiger charge is -2.52. The second kappa shape index (κ2) is 9.16. The summed E-state index contributed by atoms with van der Waals surface area (Å²) in [6, 6.07) is 15.2. The van der Waals surface area contributed by atoms with Crippen molar-refractivity contribution in [2.24, 2.45) is 0 Å². The van der Waals surface area contributed by atoms with Gasteiger partial charge in [-0.15, -0.1) is 0 Å². The Kier molecular flexibility index (Phi) is 6.04. The molecule has 0 atom stereocenters. The van der Waals surface area contributed by atoms with Gasteiger partial charge in [-0.25, -0.2) is 4.98 Å². The molecule has 0 bridgehead atoms. The van der Waals surface area contributed by atoms with Gasteiger partial charge in [0.2, 0.25) is 0 Å². The smallest absolute Gasteiger partial charge is 0.287 e. The summed E-state index contributed by atoms with van der Waals surface area (Å²) in [6.45, 7) is 3.69. The van der Waals surface area contributed by atoms with E-state index in [-0.39, 0.29) is 17.4 Å². The molecule has 2 aliphatic heterocycles. The van der Waals surface area contributed by atoms with Crippen LogP contribution >= 0.6 is 0 Å². The average molecular weight is 475 g/mol. The van der Waals surface area contributed by atoms with Gasteiger partial charge >= 0.3 is 0 Å². The number of fused-ring (bicyclic) bond motifs is 2. The minimum Gasteiger partial charge on any atom is -0.399 e. The zero-order valence-corrected chi connectivity index (χ0v) is 20.0. The van der Waals surface area contributed by atoms with E-state index >= 15 is 0 Å². The van der Waals surface area contributed by atoms with Crippen LogP contribution in [0.25, 0.3) is 0 Å². The maximum atomic E-state index is 12.9. The number of nitrogen functional groups attached to an aromatic ring is 1. The van der Waals surface area contributed by atoms with Crippen LogP contribution in [0.2, 0.25) is 0 Å². The highest BCUT2D eigenvalue weighted by Crippen LogP contribution is 2.40. The molecule has 182 valence electrons. The molecule has 0 radical (unpaired) electrons. The Morgan fingerprint density at radius 1 is 1.06 bits per heavy atom. The standard InChI is InChI=1S/C26H30N6O3/c1-30(2)25(34)20-7-3-19(4-8-20)15-31-11-12-32-22(26(31)16-35-17-26)14-28-23(32)24(33)29-13-18-5-9-21(27)10-6-18/h3-10,14H,11-13,15-17,27H2,1-2H3,(H,29,33). The molecule has 5 rings (SSSR count). The van der Waals surface area contributed by atoms with Gasteiger partial charge in [0.1, 0.15) is 5.54 Å². The fourth-order valence-corrected chi connectivity index (χ4v) is 4.74. The van der Waals surface area contributed by atoms with Gasteiger partial charge in [-0.1, -0.05) is 24.3 Å². The Labute approximate surface area is 204 Å². The lowest BCUT2D eigenvalue weighted by molar-refractivity contribution is -0.162. The van der Waals surface area contributed by atoms with E-state index in [4.69, 9.17) is 10.5 Å². The molecule has 1 aromatic heterocycles. The van der Waals surface area contributed by atoms with E-state index in [1.54, 1.807) is 19.0 Å². The van der Waals surface area contributed by atoms with Gasteiger partial charge < -0.3 is 25.3 Å². The van der Waals surface area contributed by atoms with E-state index in [1.807, 2.05) is 59.3 Å². The number of hydrogen-bond acceptors (Lipinski definition) is 6. The van der Waals surface area contributed by atoms with Crippen LogP contribution in [0.4, 0.5) is 5.69 Å². The van der Waals surface area contributed by atoms with E-state index in [1.165, 1.54) is 0 Å². The highest BCUT2D eigenvalue weighted by molar-refractivity contribution is 5.93. The first-order chi connectivity index (χ1) is 16.9. The number of carbonyl (C=O) groups is 2. The highest BCUT2D eigenvalue weighted by atomic mass is 16.5. The van der Waals surface area contributed by atoms with Crippen molar-refractivity contribution in [1.82, 2.24) is 24.7 Å². The predicted molar refractivity (Wildman–Crippen MR) is 132 cm³/mol. The molecule has 2 amide bonds. The molecular formula is C26H30N6O3. The lowest BCUT2D eigenvalue weighted by atomic mass is 9.88. The molecular weight excluding hydrogens is 444 g/mol. The topological polar surface area (TPSA) is 106 Å². The minimum absolute atomic E-state index is 0.00973. The van der Waals surface area contributed by atoms with Crippen molar-refractivity contribution < 1.29 is 14.3 Å². The molecule has 1 saturated heterocycles. The number of amides is 2. The number of hydrogen-bond donors (Lipinski definition) is 2. The number of carbonyl (C=O) groups excluding carboxylic acids is 2. The normalized spacial score (nSPS) is 16.4. The van der Waals surface area contributed by atoms with Crippen LogP contribution < -0.4 is 11.1 Å². The number of imidazole rings is 1. The van der Waals surface area contributed by atoms with Crippen molar-refractivity contribution in [2.45, 2.75) is 25.2 Å². The van der Waals surface area contributed by atoms with Crippen LogP contribution in [0, 0.1) is 0 Å². The molecule has 3 aromatic rings. The molecule has 9 nitrogen and oxygen atoms in total.